The Hall–Kier alpha value is -4.91. The number of nitrogens with zero attached hydrogens (tertiary/aromatic N) is 5. The molecule has 4 aromatic rings. The zero-order chi connectivity index (χ0) is 44.0. The number of aromatic nitrogens is 2. The van der Waals surface area contributed by atoms with E-state index in [1.54, 1.807) is 32.2 Å². The van der Waals surface area contributed by atoms with Gasteiger partial charge in [0.2, 0.25) is 17.7 Å². The van der Waals surface area contributed by atoms with Crippen LogP contribution in [0.5, 0.6) is 11.6 Å². The highest BCUT2D eigenvalue weighted by molar-refractivity contribution is 6.39. The molecule has 0 bridgehead atoms. The van der Waals surface area contributed by atoms with Crippen molar-refractivity contribution in [2.45, 2.75) is 98.0 Å². The fourth-order valence-corrected chi connectivity index (χ4v) is 8.65. The van der Waals surface area contributed by atoms with E-state index in [4.69, 9.17) is 42.4 Å². The Morgan fingerprint density at radius 3 is 2.15 bits per heavy atom. The summed E-state index contributed by atoms with van der Waals surface area (Å²) in [5.74, 6) is 1.32. The summed E-state index contributed by atoms with van der Waals surface area (Å²) in [6.45, 7) is 14.5. The summed E-state index contributed by atoms with van der Waals surface area (Å²) in [4.78, 5) is 53.1. The molecule has 2 aromatic heterocycles. The average molecular weight is 874 g/mol. The van der Waals surface area contributed by atoms with Crippen molar-refractivity contribution in [3.8, 4) is 45.3 Å². The molecule has 2 aliphatic heterocycles. The van der Waals surface area contributed by atoms with Crippen LogP contribution in [0, 0.1) is 5.92 Å². The first-order chi connectivity index (χ1) is 29.1. The van der Waals surface area contributed by atoms with Crippen molar-refractivity contribution in [3.63, 3.8) is 0 Å². The minimum Gasteiger partial charge on any atom is -0.496 e. The Bertz CT molecular complexity index is 2210. The molecular weight excluding hydrogens is 815 g/mol. The number of carbonyl (C=O) groups excluding carboxylic acids is 3. The number of amides is 3. The Labute approximate surface area is 369 Å². The SMILES string of the molecule is COc1cc(-c2nccc(-c3cccc(-c4ccc(CNC5CCN(C(=O)C(C)C)CC5)c(OC)n4)c3Cl)c2Cl)ccc1CN(C(=O)OC(C)(C)C)C1CCN(C(C)=O)CC1. The summed E-state index contributed by atoms with van der Waals surface area (Å²) >= 11 is 14.4. The van der Waals surface area contributed by atoms with E-state index in [1.165, 1.54) is 0 Å². The van der Waals surface area contributed by atoms with Crippen molar-refractivity contribution < 1.29 is 28.6 Å². The van der Waals surface area contributed by atoms with Gasteiger partial charge in [-0.05, 0) is 64.7 Å². The first-order valence-corrected chi connectivity index (χ1v) is 21.8. The molecule has 0 radical (unpaired) electrons. The normalized spacial score (nSPS) is 15.2. The average Bonchev–Trinajstić information content (AvgIpc) is 3.24. The predicted octanol–water partition coefficient (Wildman–Crippen LogP) is 9.29. The molecule has 12 nitrogen and oxygen atoms in total. The first-order valence-electron chi connectivity index (χ1n) is 21.0. The van der Waals surface area contributed by atoms with Gasteiger partial charge in [0.1, 0.15) is 11.4 Å². The second-order valence-electron chi connectivity index (χ2n) is 17.1. The summed E-state index contributed by atoms with van der Waals surface area (Å²) in [7, 11) is 3.21. The van der Waals surface area contributed by atoms with Gasteiger partial charge in [0.05, 0.1) is 42.2 Å². The molecule has 61 heavy (non-hydrogen) atoms. The number of methoxy groups -OCH3 is 2. The van der Waals surface area contributed by atoms with Gasteiger partial charge in [-0.15, -0.1) is 0 Å². The van der Waals surface area contributed by atoms with Crippen LogP contribution < -0.4 is 14.8 Å². The zero-order valence-corrected chi connectivity index (χ0v) is 38.0. The molecule has 2 aromatic carbocycles. The van der Waals surface area contributed by atoms with Gasteiger partial charge in [-0.25, -0.2) is 9.78 Å². The molecule has 2 aliphatic rings. The van der Waals surface area contributed by atoms with Gasteiger partial charge in [0, 0.05) is 97.2 Å². The van der Waals surface area contributed by atoms with E-state index in [-0.39, 0.29) is 30.3 Å². The molecule has 6 rings (SSSR count). The topological polar surface area (TPSA) is 126 Å². The van der Waals surface area contributed by atoms with Gasteiger partial charge in [-0.1, -0.05) is 73.4 Å². The van der Waals surface area contributed by atoms with Crippen LogP contribution in [0.1, 0.15) is 78.4 Å². The van der Waals surface area contributed by atoms with E-state index >= 15 is 0 Å². The maximum absolute atomic E-state index is 13.6. The molecule has 14 heteroatoms. The highest BCUT2D eigenvalue weighted by Gasteiger charge is 2.33. The summed E-state index contributed by atoms with van der Waals surface area (Å²) < 4.78 is 17.5. The number of likely N-dealkylation sites (tertiary alicyclic amines) is 2. The molecule has 0 unspecified atom stereocenters. The van der Waals surface area contributed by atoms with Crippen LogP contribution in [0.3, 0.4) is 0 Å². The van der Waals surface area contributed by atoms with Crippen LogP contribution in [-0.2, 0) is 27.4 Å². The molecule has 1 N–H and O–H groups in total. The van der Waals surface area contributed by atoms with Gasteiger partial charge in [0.15, 0.2) is 0 Å². The van der Waals surface area contributed by atoms with E-state index in [0.717, 1.165) is 48.2 Å². The van der Waals surface area contributed by atoms with E-state index in [9.17, 15) is 14.4 Å². The first kappa shape index (κ1) is 45.6. The van der Waals surface area contributed by atoms with Crippen molar-refractivity contribution in [1.82, 2.24) is 30.0 Å². The minimum atomic E-state index is -0.679. The second kappa shape index (κ2) is 19.9. The zero-order valence-electron chi connectivity index (χ0n) is 36.5. The number of benzene rings is 2. The van der Waals surface area contributed by atoms with Gasteiger partial charge in [-0.2, -0.15) is 0 Å². The highest BCUT2D eigenvalue weighted by Crippen LogP contribution is 2.42. The fraction of sp³-hybridized carbons (Fsp3) is 0.468. The maximum Gasteiger partial charge on any atom is 0.410 e. The van der Waals surface area contributed by atoms with Crippen LogP contribution in [0.2, 0.25) is 10.0 Å². The monoisotopic (exact) mass is 872 g/mol. The predicted molar refractivity (Wildman–Crippen MR) is 240 cm³/mol. The molecule has 2 saturated heterocycles. The van der Waals surface area contributed by atoms with Crippen LogP contribution in [0.25, 0.3) is 33.6 Å². The number of pyridine rings is 2. The maximum atomic E-state index is 13.6. The van der Waals surface area contributed by atoms with E-state index in [1.807, 2.05) is 99.0 Å². The molecule has 0 atom stereocenters. The second-order valence-corrected chi connectivity index (χ2v) is 17.8. The van der Waals surface area contributed by atoms with Gasteiger partial charge < -0.3 is 34.2 Å². The lowest BCUT2D eigenvalue weighted by Gasteiger charge is -2.39. The lowest BCUT2D eigenvalue weighted by atomic mass is 9.98. The van der Waals surface area contributed by atoms with Crippen molar-refractivity contribution in [2.75, 3.05) is 40.4 Å². The minimum absolute atomic E-state index is 0.00841. The Morgan fingerprint density at radius 1 is 0.852 bits per heavy atom. The number of hydrogen-bond donors (Lipinski definition) is 1. The number of hydrogen-bond acceptors (Lipinski definition) is 9. The van der Waals surface area contributed by atoms with E-state index in [2.05, 4.69) is 10.3 Å². The fourth-order valence-electron chi connectivity index (χ4n) is 8.01. The number of ether oxygens (including phenoxy) is 3. The molecule has 0 spiro atoms. The Balaban J connectivity index is 1.21. The third-order valence-electron chi connectivity index (χ3n) is 11.3. The number of piperidine rings is 2. The number of carbonyl (C=O) groups is 3. The number of nitrogens with one attached hydrogen (secondary N) is 1. The number of rotatable bonds is 12. The molecule has 2 fully saturated rings. The quantitative estimate of drug-likeness (QED) is 0.148. The lowest BCUT2D eigenvalue weighted by Crippen LogP contribution is -2.49. The Kier molecular flexibility index (Phi) is 14.8. The summed E-state index contributed by atoms with van der Waals surface area (Å²) in [5, 5.41) is 4.52. The van der Waals surface area contributed by atoms with Gasteiger partial charge in [-0.3, -0.25) is 14.6 Å². The molecule has 0 aliphatic carbocycles. The van der Waals surface area contributed by atoms with Crippen LogP contribution in [0.15, 0.2) is 60.8 Å². The summed E-state index contributed by atoms with van der Waals surface area (Å²) in [6.07, 6.45) is 4.36. The molecule has 3 amide bonds. The number of halogens is 2. The molecular formula is C47H58Cl2N6O6. The van der Waals surface area contributed by atoms with E-state index in [0.29, 0.717) is 82.7 Å². The lowest BCUT2D eigenvalue weighted by molar-refractivity contribution is -0.135. The summed E-state index contributed by atoms with van der Waals surface area (Å²) in [5.41, 5.74) is 5.10. The van der Waals surface area contributed by atoms with Gasteiger partial charge in [0.25, 0.3) is 0 Å². The summed E-state index contributed by atoms with van der Waals surface area (Å²) in [6, 6.07) is 17.5. The highest BCUT2D eigenvalue weighted by atomic mass is 35.5. The van der Waals surface area contributed by atoms with Gasteiger partial charge >= 0.3 is 6.09 Å². The third-order valence-corrected chi connectivity index (χ3v) is 12.1. The Morgan fingerprint density at radius 2 is 1.51 bits per heavy atom. The molecule has 0 saturated carbocycles. The van der Waals surface area contributed by atoms with Crippen molar-refractivity contribution >= 4 is 41.1 Å². The molecule has 4 heterocycles. The molecule has 326 valence electrons. The van der Waals surface area contributed by atoms with Crippen LogP contribution in [0.4, 0.5) is 4.79 Å². The standard InChI is InChI=1S/C47H58Cl2N6O6/c1-29(2)45(57)54-22-17-34(18-23-54)51-27-32-14-15-39(52-44(32)60-8)38-11-9-10-36(41(38)48)37-16-21-50-43(42(37)49)31-12-13-33(40(26-31)59-7)28-55(46(58)61-47(4,5)6)35-19-24-53(25-20-35)30(3)56/h9-16,21,26,29,34-35,51H,17-20,22-25,27-28H2,1-8H3. The largest absolute Gasteiger partial charge is 0.496 e. The third kappa shape index (κ3) is 10.9. The van der Waals surface area contributed by atoms with Crippen LogP contribution >= 0.6 is 23.2 Å². The smallest absolute Gasteiger partial charge is 0.410 e. The van der Waals surface area contributed by atoms with Crippen LogP contribution in [-0.4, -0.2) is 101 Å². The van der Waals surface area contributed by atoms with Crippen molar-refractivity contribution in [1.29, 1.82) is 0 Å². The van der Waals surface area contributed by atoms with Crippen molar-refractivity contribution in [2.24, 2.45) is 5.92 Å². The van der Waals surface area contributed by atoms with E-state index < -0.39 is 11.7 Å². The van der Waals surface area contributed by atoms with Crippen molar-refractivity contribution in [3.05, 3.63) is 82.0 Å².